The Kier molecular flexibility index (Phi) is 4.87. The van der Waals surface area contributed by atoms with E-state index < -0.39 is 5.82 Å². The fraction of sp³-hybridized carbons (Fsp3) is 0.222. The molecule has 132 valence electrons. The number of aromatic nitrogens is 3. The minimum absolute atomic E-state index is 0.0453. The van der Waals surface area contributed by atoms with E-state index in [1.807, 2.05) is 13.8 Å². The SMILES string of the molecule is Cc1nc2c(C#N)cnn2c(C)c1CCC(=O)Nc1cccc(Cl)c1F. The van der Waals surface area contributed by atoms with Crippen LogP contribution >= 0.6 is 11.6 Å². The average Bonchev–Trinajstić information content (AvgIpc) is 3.01. The van der Waals surface area contributed by atoms with Crippen molar-refractivity contribution in [3.05, 3.63) is 57.8 Å². The second-order valence-corrected chi connectivity index (χ2v) is 6.22. The molecule has 8 heteroatoms. The Balaban J connectivity index is 1.78. The van der Waals surface area contributed by atoms with E-state index in [0.29, 0.717) is 17.6 Å². The zero-order chi connectivity index (χ0) is 18.8. The molecule has 0 spiro atoms. The predicted octanol–water partition coefficient (Wildman–Crippen LogP) is 3.58. The van der Waals surface area contributed by atoms with Crippen LogP contribution in [-0.4, -0.2) is 20.5 Å². The maximum atomic E-state index is 13.9. The van der Waals surface area contributed by atoms with E-state index in [0.717, 1.165) is 17.0 Å². The number of aryl methyl sites for hydroxylation is 2. The summed E-state index contributed by atoms with van der Waals surface area (Å²) in [4.78, 5) is 16.6. The first-order valence-electron chi connectivity index (χ1n) is 7.90. The van der Waals surface area contributed by atoms with Gasteiger partial charge in [0.2, 0.25) is 5.91 Å². The molecule has 2 heterocycles. The van der Waals surface area contributed by atoms with Gasteiger partial charge in [-0.3, -0.25) is 4.79 Å². The number of nitrogens with zero attached hydrogens (tertiary/aromatic N) is 4. The molecule has 1 amide bonds. The van der Waals surface area contributed by atoms with E-state index >= 15 is 0 Å². The second-order valence-electron chi connectivity index (χ2n) is 5.82. The Morgan fingerprint density at radius 2 is 2.19 bits per heavy atom. The van der Waals surface area contributed by atoms with Gasteiger partial charge in [-0.25, -0.2) is 13.9 Å². The van der Waals surface area contributed by atoms with E-state index in [4.69, 9.17) is 16.9 Å². The zero-order valence-electron chi connectivity index (χ0n) is 14.2. The maximum absolute atomic E-state index is 13.9. The van der Waals surface area contributed by atoms with Gasteiger partial charge in [-0.15, -0.1) is 0 Å². The molecule has 0 saturated carbocycles. The molecule has 2 aromatic heterocycles. The number of benzene rings is 1. The van der Waals surface area contributed by atoms with Gasteiger partial charge in [-0.1, -0.05) is 17.7 Å². The van der Waals surface area contributed by atoms with Gasteiger partial charge in [0.05, 0.1) is 16.9 Å². The third kappa shape index (κ3) is 3.24. The zero-order valence-corrected chi connectivity index (χ0v) is 14.9. The Morgan fingerprint density at radius 1 is 1.42 bits per heavy atom. The lowest BCUT2D eigenvalue weighted by molar-refractivity contribution is -0.116. The van der Waals surface area contributed by atoms with Gasteiger partial charge in [0.1, 0.15) is 11.6 Å². The molecule has 0 radical (unpaired) electrons. The summed E-state index contributed by atoms with van der Waals surface area (Å²) in [7, 11) is 0. The molecule has 0 bridgehead atoms. The number of amides is 1. The normalized spacial score (nSPS) is 10.7. The van der Waals surface area contributed by atoms with E-state index in [1.54, 1.807) is 10.6 Å². The molecule has 0 unspecified atom stereocenters. The number of rotatable bonds is 4. The number of nitrogens with one attached hydrogen (secondary N) is 1. The summed E-state index contributed by atoms with van der Waals surface area (Å²) in [6, 6.07) is 6.49. The molecule has 0 aliphatic rings. The number of halogens is 2. The van der Waals surface area contributed by atoms with E-state index in [1.165, 1.54) is 18.3 Å². The lowest BCUT2D eigenvalue weighted by Crippen LogP contribution is -2.15. The lowest BCUT2D eigenvalue weighted by atomic mass is 10.1. The number of nitriles is 1. The summed E-state index contributed by atoms with van der Waals surface area (Å²) in [6.45, 7) is 3.69. The highest BCUT2D eigenvalue weighted by atomic mass is 35.5. The molecule has 0 aliphatic heterocycles. The smallest absolute Gasteiger partial charge is 0.224 e. The largest absolute Gasteiger partial charge is 0.324 e. The van der Waals surface area contributed by atoms with Crippen LogP contribution in [0.4, 0.5) is 10.1 Å². The van der Waals surface area contributed by atoms with Crippen LogP contribution in [0.5, 0.6) is 0 Å². The van der Waals surface area contributed by atoms with Crippen molar-refractivity contribution in [3.8, 4) is 6.07 Å². The summed E-state index contributed by atoms with van der Waals surface area (Å²) in [5.41, 5.74) is 3.36. The van der Waals surface area contributed by atoms with Crippen LogP contribution in [-0.2, 0) is 11.2 Å². The Labute approximate surface area is 154 Å². The number of carbonyl (C=O) groups excluding carboxylic acids is 1. The van der Waals surface area contributed by atoms with Gasteiger partial charge in [-0.05, 0) is 38.0 Å². The summed E-state index contributed by atoms with van der Waals surface area (Å²) in [6.07, 6.45) is 2.02. The number of carbonyl (C=O) groups is 1. The Hall–Kier alpha value is -2.98. The van der Waals surface area contributed by atoms with Gasteiger partial charge in [-0.2, -0.15) is 10.4 Å². The number of hydrogen-bond donors (Lipinski definition) is 1. The third-order valence-electron chi connectivity index (χ3n) is 4.16. The van der Waals surface area contributed by atoms with Crippen LogP contribution < -0.4 is 5.32 Å². The lowest BCUT2D eigenvalue weighted by Gasteiger charge is -2.11. The predicted molar refractivity (Wildman–Crippen MR) is 95.5 cm³/mol. The van der Waals surface area contributed by atoms with Crippen molar-refractivity contribution in [2.24, 2.45) is 0 Å². The molecule has 0 atom stereocenters. The molecular weight excluding hydrogens is 357 g/mol. The van der Waals surface area contributed by atoms with Crippen molar-refractivity contribution in [2.45, 2.75) is 26.7 Å². The maximum Gasteiger partial charge on any atom is 0.224 e. The highest BCUT2D eigenvalue weighted by molar-refractivity contribution is 6.31. The van der Waals surface area contributed by atoms with Crippen LogP contribution in [0.2, 0.25) is 5.02 Å². The molecule has 26 heavy (non-hydrogen) atoms. The molecular formula is C18H15ClFN5O. The molecule has 0 fully saturated rings. The van der Waals surface area contributed by atoms with Crippen molar-refractivity contribution >= 4 is 28.8 Å². The molecule has 0 aliphatic carbocycles. The van der Waals surface area contributed by atoms with Crippen molar-refractivity contribution in [2.75, 3.05) is 5.32 Å². The fourth-order valence-corrected chi connectivity index (χ4v) is 2.98. The fourth-order valence-electron chi connectivity index (χ4n) is 2.80. The van der Waals surface area contributed by atoms with Gasteiger partial charge >= 0.3 is 0 Å². The van der Waals surface area contributed by atoms with Crippen LogP contribution in [0.15, 0.2) is 24.4 Å². The van der Waals surface area contributed by atoms with E-state index in [-0.39, 0.29) is 23.0 Å². The molecule has 1 aromatic carbocycles. The van der Waals surface area contributed by atoms with Crippen LogP contribution in [0, 0.1) is 31.0 Å². The monoisotopic (exact) mass is 371 g/mol. The molecule has 3 aromatic rings. The first-order valence-corrected chi connectivity index (χ1v) is 8.28. The van der Waals surface area contributed by atoms with Gasteiger partial charge in [0.15, 0.2) is 11.5 Å². The van der Waals surface area contributed by atoms with E-state index in [2.05, 4.69) is 21.5 Å². The van der Waals surface area contributed by atoms with Crippen LogP contribution in [0.3, 0.4) is 0 Å². The average molecular weight is 372 g/mol. The Bertz CT molecular complexity index is 1050. The van der Waals surface area contributed by atoms with Gasteiger partial charge in [0.25, 0.3) is 0 Å². The molecule has 3 rings (SSSR count). The van der Waals surface area contributed by atoms with Gasteiger partial charge < -0.3 is 5.32 Å². The topological polar surface area (TPSA) is 83.1 Å². The van der Waals surface area contributed by atoms with Crippen molar-refractivity contribution in [1.29, 1.82) is 5.26 Å². The number of anilines is 1. The molecule has 1 N–H and O–H groups in total. The third-order valence-corrected chi connectivity index (χ3v) is 4.45. The summed E-state index contributed by atoms with van der Waals surface area (Å²) < 4.78 is 15.5. The highest BCUT2D eigenvalue weighted by Crippen LogP contribution is 2.23. The van der Waals surface area contributed by atoms with Crippen molar-refractivity contribution < 1.29 is 9.18 Å². The second kappa shape index (κ2) is 7.10. The molecule has 0 saturated heterocycles. The number of hydrogen-bond acceptors (Lipinski definition) is 4. The van der Waals surface area contributed by atoms with Crippen LogP contribution in [0.25, 0.3) is 5.65 Å². The van der Waals surface area contributed by atoms with Crippen LogP contribution in [0.1, 0.15) is 28.9 Å². The summed E-state index contributed by atoms with van der Waals surface area (Å²) >= 11 is 5.71. The minimum Gasteiger partial charge on any atom is -0.324 e. The highest BCUT2D eigenvalue weighted by Gasteiger charge is 2.15. The number of fused-ring (bicyclic) bond motifs is 1. The van der Waals surface area contributed by atoms with Crippen molar-refractivity contribution in [3.63, 3.8) is 0 Å². The first-order chi connectivity index (χ1) is 12.4. The summed E-state index contributed by atoms with van der Waals surface area (Å²) in [5.74, 6) is -0.984. The standard InChI is InChI=1S/C18H15ClFN5O/c1-10-13(11(2)25-18(23-10)12(8-21)9-22-25)6-7-16(26)24-15-5-3-4-14(19)17(15)20/h3-5,9H,6-7H2,1-2H3,(H,24,26). The quantitative estimate of drug-likeness (QED) is 0.759. The van der Waals surface area contributed by atoms with E-state index in [9.17, 15) is 9.18 Å². The van der Waals surface area contributed by atoms with Crippen molar-refractivity contribution in [1.82, 2.24) is 14.6 Å². The van der Waals surface area contributed by atoms with Gasteiger partial charge in [0, 0.05) is 17.8 Å². The summed E-state index contributed by atoms with van der Waals surface area (Å²) in [5, 5.41) is 15.8. The minimum atomic E-state index is -0.654. The Morgan fingerprint density at radius 3 is 2.92 bits per heavy atom. The first kappa shape index (κ1) is 17.8. The molecule has 6 nitrogen and oxygen atoms in total.